The smallest absolute Gasteiger partial charge is 0.274 e. The summed E-state index contributed by atoms with van der Waals surface area (Å²) in [6.45, 7) is 0.343. The van der Waals surface area contributed by atoms with Gasteiger partial charge in [0.1, 0.15) is 11.5 Å². The first-order valence-electron chi connectivity index (χ1n) is 5.64. The number of hydrogen-bond donors (Lipinski definition) is 0. The summed E-state index contributed by atoms with van der Waals surface area (Å²) in [7, 11) is 3.46. The molecule has 0 saturated carbocycles. The summed E-state index contributed by atoms with van der Waals surface area (Å²) in [5, 5.41) is 0.0520. The quantitative estimate of drug-likeness (QED) is 0.867. The maximum atomic E-state index is 13.0. The SMILES string of the molecule is CN(Cc1ccc(F)c(Cl)c1)C(=O)c1cn(C)cn1. The van der Waals surface area contributed by atoms with Crippen LogP contribution >= 0.6 is 11.6 Å². The van der Waals surface area contributed by atoms with E-state index in [2.05, 4.69) is 4.98 Å². The molecule has 0 saturated heterocycles. The van der Waals surface area contributed by atoms with Gasteiger partial charge in [0.05, 0.1) is 11.3 Å². The van der Waals surface area contributed by atoms with E-state index >= 15 is 0 Å². The van der Waals surface area contributed by atoms with Gasteiger partial charge in [-0.25, -0.2) is 9.37 Å². The molecule has 2 aromatic rings. The minimum absolute atomic E-state index is 0.0520. The fraction of sp³-hybridized carbons (Fsp3) is 0.231. The Hall–Kier alpha value is -1.88. The lowest BCUT2D eigenvalue weighted by Gasteiger charge is -2.16. The third-order valence-corrected chi connectivity index (χ3v) is 2.96. The molecule has 0 bridgehead atoms. The number of aromatic nitrogens is 2. The molecule has 2 rings (SSSR count). The number of benzene rings is 1. The number of carbonyl (C=O) groups is 1. The van der Waals surface area contributed by atoms with Crippen molar-refractivity contribution in [3.63, 3.8) is 0 Å². The van der Waals surface area contributed by atoms with E-state index in [9.17, 15) is 9.18 Å². The van der Waals surface area contributed by atoms with Crippen LogP contribution in [0.1, 0.15) is 16.1 Å². The van der Waals surface area contributed by atoms with E-state index in [0.717, 1.165) is 5.56 Å². The standard InChI is InChI=1S/C13H13ClFN3O/c1-17-7-12(16-8-17)13(19)18(2)6-9-3-4-11(15)10(14)5-9/h3-5,7-8H,6H2,1-2H3. The Morgan fingerprint density at radius 3 is 2.84 bits per heavy atom. The van der Waals surface area contributed by atoms with Crippen LogP contribution < -0.4 is 0 Å². The highest BCUT2D eigenvalue weighted by molar-refractivity contribution is 6.30. The first kappa shape index (κ1) is 13.5. The highest BCUT2D eigenvalue weighted by atomic mass is 35.5. The van der Waals surface area contributed by atoms with Gasteiger partial charge >= 0.3 is 0 Å². The number of amides is 1. The summed E-state index contributed by atoms with van der Waals surface area (Å²) in [6.07, 6.45) is 3.21. The summed E-state index contributed by atoms with van der Waals surface area (Å²) in [5.41, 5.74) is 1.14. The Morgan fingerprint density at radius 1 is 1.53 bits per heavy atom. The highest BCUT2D eigenvalue weighted by Crippen LogP contribution is 2.17. The number of nitrogens with zero attached hydrogens (tertiary/aromatic N) is 3. The highest BCUT2D eigenvalue weighted by Gasteiger charge is 2.14. The molecule has 0 atom stereocenters. The van der Waals surface area contributed by atoms with Gasteiger partial charge in [0, 0.05) is 26.8 Å². The average molecular weight is 282 g/mol. The summed E-state index contributed by atoms with van der Waals surface area (Å²) in [5.74, 6) is -0.662. The molecule has 0 aliphatic heterocycles. The third kappa shape index (κ3) is 3.12. The molecule has 0 fully saturated rings. The van der Waals surface area contributed by atoms with Crippen LogP contribution in [0.25, 0.3) is 0 Å². The second-order valence-electron chi connectivity index (χ2n) is 4.33. The largest absolute Gasteiger partial charge is 0.340 e. The van der Waals surface area contributed by atoms with Crippen molar-refractivity contribution in [3.05, 3.63) is 52.8 Å². The van der Waals surface area contributed by atoms with E-state index in [1.54, 1.807) is 37.3 Å². The van der Waals surface area contributed by atoms with E-state index in [-0.39, 0.29) is 10.9 Å². The van der Waals surface area contributed by atoms with Crippen molar-refractivity contribution in [2.45, 2.75) is 6.54 Å². The van der Waals surface area contributed by atoms with E-state index in [1.807, 2.05) is 0 Å². The maximum Gasteiger partial charge on any atom is 0.274 e. The van der Waals surface area contributed by atoms with Gasteiger partial charge < -0.3 is 9.47 Å². The molecule has 1 amide bonds. The van der Waals surface area contributed by atoms with E-state index in [4.69, 9.17) is 11.6 Å². The molecule has 0 unspecified atom stereocenters. The molecule has 1 heterocycles. The molecule has 4 nitrogen and oxygen atoms in total. The van der Waals surface area contributed by atoms with E-state index in [0.29, 0.717) is 12.2 Å². The minimum atomic E-state index is -0.468. The van der Waals surface area contributed by atoms with Crippen LogP contribution in [0.2, 0.25) is 5.02 Å². The molecule has 1 aromatic heterocycles. The first-order valence-corrected chi connectivity index (χ1v) is 6.02. The van der Waals surface area contributed by atoms with Gasteiger partial charge in [-0.15, -0.1) is 0 Å². The molecule has 6 heteroatoms. The van der Waals surface area contributed by atoms with Crippen LogP contribution in [0.5, 0.6) is 0 Å². The minimum Gasteiger partial charge on any atom is -0.340 e. The second-order valence-corrected chi connectivity index (χ2v) is 4.74. The Morgan fingerprint density at radius 2 is 2.26 bits per heavy atom. The predicted molar refractivity (Wildman–Crippen MR) is 70.4 cm³/mol. The van der Waals surface area contributed by atoms with Crippen LogP contribution in [0.15, 0.2) is 30.7 Å². The first-order chi connectivity index (χ1) is 8.97. The van der Waals surface area contributed by atoms with Crippen molar-refractivity contribution in [3.8, 4) is 0 Å². The summed E-state index contributed by atoms with van der Waals surface area (Å²) >= 11 is 5.70. The zero-order valence-corrected chi connectivity index (χ0v) is 11.4. The Kier molecular flexibility index (Phi) is 3.85. The topological polar surface area (TPSA) is 38.1 Å². The van der Waals surface area contributed by atoms with Gasteiger partial charge in [-0.1, -0.05) is 17.7 Å². The Labute approximate surface area is 115 Å². The van der Waals surface area contributed by atoms with Crippen LogP contribution in [-0.4, -0.2) is 27.4 Å². The lowest BCUT2D eigenvalue weighted by atomic mass is 10.2. The van der Waals surface area contributed by atoms with Crippen molar-refractivity contribution in [1.29, 1.82) is 0 Å². The maximum absolute atomic E-state index is 13.0. The number of rotatable bonds is 3. The molecule has 1 aromatic carbocycles. The molecule has 19 heavy (non-hydrogen) atoms. The number of imidazole rings is 1. The Balaban J connectivity index is 2.10. The molecular formula is C13H13ClFN3O. The van der Waals surface area contributed by atoms with Crippen LogP contribution in [-0.2, 0) is 13.6 Å². The van der Waals surface area contributed by atoms with E-state index < -0.39 is 5.82 Å². The van der Waals surface area contributed by atoms with Crippen molar-refractivity contribution < 1.29 is 9.18 Å². The van der Waals surface area contributed by atoms with Crippen molar-refractivity contribution in [2.75, 3.05) is 7.05 Å². The van der Waals surface area contributed by atoms with Gasteiger partial charge in [-0.2, -0.15) is 0 Å². The van der Waals surface area contributed by atoms with Crippen LogP contribution in [0, 0.1) is 5.82 Å². The van der Waals surface area contributed by atoms with Crippen molar-refractivity contribution in [1.82, 2.24) is 14.5 Å². The zero-order chi connectivity index (χ0) is 14.0. The number of halogens is 2. The van der Waals surface area contributed by atoms with Gasteiger partial charge in [-0.3, -0.25) is 4.79 Å². The lowest BCUT2D eigenvalue weighted by molar-refractivity contribution is 0.0779. The average Bonchev–Trinajstić information content (AvgIpc) is 2.79. The normalized spacial score (nSPS) is 10.5. The zero-order valence-electron chi connectivity index (χ0n) is 10.6. The number of hydrogen-bond acceptors (Lipinski definition) is 2. The fourth-order valence-electron chi connectivity index (χ4n) is 1.70. The van der Waals surface area contributed by atoms with Crippen molar-refractivity contribution in [2.24, 2.45) is 7.05 Å². The van der Waals surface area contributed by atoms with Crippen LogP contribution in [0.3, 0.4) is 0 Å². The van der Waals surface area contributed by atoms with Gasteiger partial charge in [0.2, 0.25) is 0 Å². The summed E-state index contributed by atoms with van der Waals surface area (Å²) < 4.78 is 14.7. The molecule has 0 radical (unpaired) electrons. The van der Waals surface area contributed by atoms with Gasteiger partial charge in [0.25, 0.3) is 5.91 Å². The number of aryl methyl sites for hydroxylation is 1. The van der Waals surface area contributed by atoms with Gasteiger partial charge in [-0.05, 0) is 17.7 Å². The Bertz CT molecular complexity index is 612. The summed E-state index contributed by atoms with van der Waals surface area (Å²) in [6, 6.07) is 4.40. The fourth-order valence-corrected chi connectivity index (χ4v) is 1.91. The molecule has 0 aliphatic carbocycles. The molecule has 0 spiro atoms. The van der Waals surface area contributed by atoms with Gasteiger partial charge in [0.15, 0.2) is 0 Å². The second kappa shape index (κ2) is 5.40. The summed E-state index contributed by atoms with van der Waals surface area (Å²) in [4.78, 5) is 17.6. The van der Waals surface area contributed by atoms with Crippen LogP contribution in [0.4, 0.5) is 4.39 Å². The number of carbonyl (C=O) groups excluding carboxylic acids is 1. The molecule has 0 N–H and O–H groups in total. The van der Waals surface area contributed by atoms with E-state index in [1.165, 1.54) is 17.0 Å². The molecule has 100 valence electrons. The monoisotopic (exact) mass is 281 g/mol. The third-order valence-electron chi connectivity index (χ3n) is 2.67. The molecule has 0 aliphatic rings. The molecular weight excluding hydrogens is 269 g/mol. The predicted octanol–water partition coefficient (Wildman–Crippen LogP) is 2.48. The lowest BCUT2D eigenvalue weighted by Crippen LogP contribution is -2.26. The van der Waals surface area contributed by atoms with Crippen molar-refractivity contribution >= 4 is 17.5 Å².